The Bertz CT molecular complexity index is 131. The summed E-state index contributed by atoms with van der Waals surface area (Å²) in [6.45, 7) is 1.62. The van der Waals surface area contributed by atoms with E-state index in [4.69, 9.17) is 0 Å². The topological polar surface area (TPSA) is 24.1 Å². The van der Waals surface area contributed by atoms with Gasteiger partial charge in [-0.05, 0) is 6.42 Å². The summed E-state index contributed by atoms with van der Waals surface area (Å²) >= 11 is 17.2. The Balaban J connectivity index is 3.03. The lowest BCUT2D eigenvalue weighted by Crippen LogP contribution is -2.24. The first-order chi connectivity index (χ1) is 5.13. The van der Waals surface area contributed by atoms with E-state index in [1.165, 1.54) is 0 Å². The van der Waals surface area contributed by atoms with Crippen LogP contribution in [0.2, 0.25) is 0 Å². The van der Waals surface area contributed by atoms with Gasteiger partial charge in [0.1, 0.15) is 8.64 Å². The smallest absolute Gasteiger partial charge is 0.130 e. The largest absolute Gasteiger partial charge is 0.371 e. The summed E-state index contributed by atoms with van der Waals surface area (Å²) < 4.78 is 1.05. The normalized spacial score (nSPS) is 8.91. The molecule has 0 saturated carbocycles. The zero-order valence-corrected chi connectivity index (χ0v) is 9.25. The molecule has 0 aromatic heterocycles. The van der Waals surface area contributed by atoms with Crippen LogP contribution in [-0.4, -0.2) is 21.7 Å². The zero-order chi connectivity index (χ0) is 8.69. The number of thiol groups is 2. The van der Waals surface area contributed by atoms with E-state index in [-0.39, 0.29) is 0 Å². The molecule has 0 amide bonds. The molecule has 0 aromatic carbocycles. The molecule has 2 N–H and O–H groups in total. The number of hydrogen-bond donors (Lipinski definition) is 4. The summed E-state index contributed by atoms with van der Waals surface area (Å²) in [5.74, 6) is 0. The van der Waals surface area contributed by atoms with Crippen LogP contribution in [0.5, 0.6) is 0 Å². The van der Waals surface area contributed by atoms with Crippen molar-refractivity contribution in [3.05, 3.63) is 0 Å². The minimum Gasteiger partial charge on any atom is -0.371 e. The number of rotatable bonds is 4. The molecule has 0 unspecified atom stereocenters. The lowest BCUT2D eigenvalue weighted by atomic mass is 10.4. The molecule has 11 heavy (non-hydrogen) atoms. The van der Waals surface area contributed by atoms with Gasteiger partial charge in [-0.1, -0.05) is 24.4 Å². The highest BCUT2D eigenvalue weighted by Gasteiger charge is 1.89. The second kappa shape index (κ2) is 7.15. The van der Waals surface area contributed by atoms with Crippen LogP contribution in [0.15, 0.2) is 0 Å². The van der Waals surface area contributed by atoms with Crippen molar-refractivity contribution < 1.29 is 0 Å². The van der Waals surface area contributed by atoms with Crippen LogP contribution in [-0.2, 0) is 0 Å². The maximum Gasteiger partial charge on any atom is 0.130 e. The van der Waals surface area contributed by atoms with E-state index in [9.17, 15) is 0 Å². The molecule has 0 atom stereocenters. The highest BCUT2D eigenvalue weighted by atomic mass is 32.1. The average Bonchev–Trinajstić information content (AvgIpc) is 1.85. The lowest BCUT2D eigenvalue weighted by molar-refractivity contribution is 0.756. The lowest BCUT2D eigenvalue weighted by Gasteiger charge is -2.03. The molecule has 0 bridgehead atoms. The van der Waals surface area contributed by atoms with Crippen molar-refractivity contribution in [3.8, 4) is 0 Å². The molecule has 0 heterocycles. The first-order valence-corrected chi connectivity index (χ1v) is 4.77. The van der Waals surface area contributed by atoms with Crippen molar-refractivity contribution in [2.45, 2.75) is 6.42 Å². The summed E-state index contributed by atoms with van der Waals surface area (Å²) in [7, 11) is 0. The first-order valence-electron chi connectivity index (χ1n) is 3.06. The molecule has 0 aliphatic carbocycles. The average molecular weight is 226 g/mol. The Morgan fingerprint density at radius 2 is 1.36 bits per heavy atom. The van der Waals surface area contributed by atoms with Crippen molar-refractivity contribution in [2.24, 2.45) is 0 Å². The van der Waals surface area contributed by atoms with E-state index in [1.54, 1.807) is 0 Å². The highest BCUT2D eigenvalue weighted by Crippen LogP contribution is 1.81. The van der Waals surface area contributed by atoms with Crippen LogP contribution in [0.25, 0.3) is 0 Å². The van der Waals surface area contributed by atoms with E-state index in [0.29, 0.717) is 8.64 Å². The molecular formula is C5H10N2S4. The second-order valence-electron chi connectivity index (χ2n) is 1.82. The summed E-state index contributed by atoms with van der Waals surface area (Å²) in [6, 6.07) is 0. The van der Waals surface area contributed by atoms with Gasteiger partial charge in [0.25, 0.3) is 0 Å². The Hall–Kier alpha value is 0.480. The molecule has 0 rings (SSSR count). The maximum absolute atomic E-state index is 4.69. The predicted molar refractivity (Wildman–Crippen MR) is 63.8 cm³/mol. The molecule has 2 nitrogen and oxygen atoms in total. The van der Waals surface area contributed by atoms with E-state index in [1.807, 2.05) is 0 Å². The van der Waals surface area contributed by atoms with Crippen molar-refractivity contribution >= 4 is 58.3 Å². The maximum atomic E-state index is 4.69. The van der Waals surface area contributed by atoms with E-state index < -0.39 is 0 Å². The van der Waals surface area contributed by atoms with Crippen molar-refractivity contribution in [1.82, 2.24) is 10.6 Å². The fourth-order valence-corrected chi connectivity index (χ4v) is 0.907. The van der Waals surface area contributed by atoms with Crippen LogP contribution < -0.4 is 10.6 Å². The number of nitrogens with one attached hydrogen (secondary N) is 2. The van der Waals surface area contributed by atoms with Crippen LogP contribution in [0.3, 0.4) is 0 Å². The highest BCUT2D eigenvalue weighted by molar-refractivity contribution is 8.11. The van der Waals surface area contributed by atoms with Gasteiger partial charge in [-0.2, -0.15) is 0 Å². The van der Waals surface area contributed by atoms with Gasteiger partial charge in [0.2, 0.25) is 0 Å². The quantitative estimate of drug-likeness (QED) is 0.326. The van der Waals surface area contributed by atoms with E-state index >= 15 is 0 Å². The zero-order valence-electron chi connectivity index (χ0n) is 5.83. The third-order valence-corrected chi connectivity index (χ3v) is 1.51. The molecule has 0 saturated heterocycles. The molecule has 0 spiro atoms. The van der Waals surface area contributed by atoms with E-state index in [0.717, 1.165) is 19.5 Å². The Morgan fingerprint density at radius 1 is 1.00 bits per heavy atom. The van der Waals surface area contributed by atoms with Crippen molar-refractivity contribution in [2.75, 3.05) is 13.1 Å². The summed E-state index contributed by atoms with van der Waals surface area (Å²) in [4.78, 5) is 0. The molecule has 0 aromatic rings. The van der Waals surface area contributed by atoms with Crippen LogP contribution in [0.4, 0.5) is 0 Å². The number of hydrogen-bond acceptors (Lipinski definition) is 2. The van der Waals surface area contributed by atoms with E-state index in [2.05, 4.69) is 60.3 Å². The monoisotopic (exact) mass is 226 g/mol. The molecule has 0 radical (unpaired) electrons. The molecular weight excluding hydrogens is 216 g/mol. The van der Waals surface area contributed by atoms with Gasteiger partial charge in [-0.25, -0.2) is 0 Å². The standard InChI is InChI=1S/C5H10N2S4/c8-4(9)6-2-1-3-7-5(10)11/h1-3H2,(H2,6,8,9)(H2,7,10,11). The van der Waals surface area contributed by atoms with Crippen LogP contribution in [0, 0.1) is 0 Å². The number of thiocarbonyl (C=S) groups is 2. The summed E-state index contributed by atoms with van der Waals surface area (Å²) in [5.41, 5.74) is 0. The molecule has 0 aliphatic rings. The van der Waals surface area contributed by atoms with Crippen molar-refractivity contribution in [1.29, 1.82) is 0 Å². The molecule has 64 valence electrons. The minimum atomic E-state index is 0.526. The van der Waals surface area contributed by atoms with Gasteiger partial charge in [0.15, 0.2) is 0 Å². The van der Waals surface area contributed by atoms with Gasteiger partial charge in [-0.3, -0.25) is 0 Å². The third-order valence-electron chi connectivity index (χ3n) is 0.906. The summed E-state index contributed by atoms with van der Waals surface area (Å²) in [5, 5.41) is 5.81. The fourth-order valence-electron chi connectivity index (χ4n) is 0.479. The fraction of sp³-hybridized carbons (Fsp3) is 0.600. The van der Waals surface area contributed by atoms with Gasteiger partial charge >= 0.3 is 0 Å². The van der Waals surface area contributed by atoms with Gasteiger partial charge in [-0.15, -0.1) is 25.3 Å². The Kier molecular flexibility index (Phi) is 7.46. The molecule has 0 fully saturated rings. The third kappa shape index (κ3) is 10.5. The van der Waals surface area contributed by atoms with Crippen LogP contribution >= 0.6 is 49.7 Å². The molecule has 6 heteroatoms. The van der Waals surface area contributed by atoms with Crippen LogP contribution in [0.1, 0.15) is 6.42 Å². The SMILES string of the molecule is S=C(S)NCCCNC(=S)S. The predicted octanol–water partition coefficient (Wildman–Crippen LogP) is 0.985. The second-order valence-corrected chi connectivity index (χ2v) is 4.13. The molecule has 0 aliphatic heterocycles. The van der Waals surface area contributed by atoms with Gasteiger partial charge in [0.05, 0.1) is 0 Å². The van der Waals surface area contributed by atoms with Gasteiger partial charge < -0.3 is 10.6 Å². The first kappa shape index (κ1) is 11.5. The van der Waals surface area contributed by atoms with Crippen molar-refractivity contribution in [3.63, 3.8) is 0 Å². The summed E-state index contributed by atoms with van der Waals surface area (Å²) in [6.07, 6.45) is 0.946. The minimum absolute atomic E-state index is 0.526. The Labute approximate surface area is 88.3 Å². The Morgan fingerprint density at radius 3 is 1.64 bits per heavy atom. The van der Waals surface area contributed by atoms with Gasteiger partial charge in [0, 0.05) is 13.1 Å².